The standard InChI is InChI=1S/C31H21N5/c1-3-11-23(12-4-1)35-28-17-9-7-15-25(28)33-30(35)22-19-20-32-27(21-22)31-34-26-16-8-10-18-29(26)36(31)24-13-5-2-6-14-24/h1-21H. The van der Waals surface area contributed by atoms with Crippen LogP contribution in [0, 0.1) is 0 Å². The van der Waals surface area contributed by atoms with Crippen molar-refractivity contribution in [1.82, 2.24) is 24.1 Å². The summed E-state index contributed by atoms with van der Waals surface area (Å²) in [5.41, 5.74) is 7.87. The Morgan fingerprint density at radius 2 is 0.972 bits per heavy atom. The number of imidazole rings is 2. The zero-order valence-electron chi connectivity index (χ0n) is 19.4. The van der Waals surface area contributed by atoms with Crippen molar-refractivity contribution in [3.8, 4) is 34.3 Å². The van der Waals surface area contributed by atoms with Gasteiger partial charge in [-0.15, -0.1) is 0 Å². The summed E-state index contributed by atoms with van der Waals surface area (Å²) >= 11 is 0. The van der Waals surface area contributed by atoms with Crippen molar-refractivity contribution >= 4 is 22.1 Å². The average molecular weight is 464 g/mol. The first-order valence-electron chi connectivity index (χ1n) is 11.9. The molecule has 36 heavy (non-hydrogen) atoms. The lowest BCUT2D eigenvalue weighted by Gasteiger charge is -2.11. The van der Waals surface area contributed by atoms with Gasteiger partial charge in [0.2, 0.25) is 0 Å². The SMILES string of the molecule is c1ccc(-n2c(-c3ccnc(-c4nc5ccccc5n4-c4ccccc4)c3)nc3ccccc32)cc1. The van der Waals surface area contributed by atoms with E-state index in [-0.39, 0.29) is 0 Å². The maximum Gasteiger partial charge on any atom is 0.164 e. The van der Waals surface area contributed by atoms with Crippen LogP contribution in [0.3, 0.4) is 0 Å². The second-order valence-electron chi connectivity index (χ2n) is 8.62. The summed E-state index contributed by atoms with van der Waals surface area (Å²) in [5.74, 6) is 1.67. The average Bonchev–Trinajstić information content (AvgIpc) is 3.53. The minimum atomic E-state index is 0.791. The Balaban J connectivity index is 1.46. The molecule has 0 aliphatic carbocycles. The van der Waals surface area contributed by atoms with E-state index in [4.69, 9.17) is 15.0 Å². The van der Waals surface area contributed by atoms with Crippen LogP contribution in [-0.4, -0.2) is 24.1 Å². The van der Waals surface area contributed by atoms with E-state index in [1.165, 1.54) is 0 Å². The molecule has 7 rings (SSSR count). The maximum atomic E-state index is 5.03. The van der Waals surface area contributed by atoms with Crippen molar-refractivity contribution in [2.24, 2.45) is 0 Å². The number of hydrogen-bond donors (Lipinski definition) is 0. The van der Waals surface area contributed by atoms with Gasteiger partial charge in [0, 0.05) is 23.1 Å². The summed E-state index contributed by atoms with van der Waals surface area (Å²) in [6.45, 7) is 0. The van der Waals surface area contributed by atoms with E-state index >= 15 is 0 Å². The zero-order valence-corrected chi connectivity index (χ0v) is 19.4. The molecule has 0 amide bonds. The van der Waals surface area contributed by atoms with Crippen LogP contribution in [-0.2, 0) is 0 Å². The number of fused-ring (bicyclic) bond motifs is 2. The zero-order chi connectivity index (χ0) is 23.9. The minimum Gasteiger partial charge on any atom is -0.292 e. The Morgan fingerprint density at radius 1 is 0.472 bits per heavy atom. The molecule has 0 bridgehead atoms. The molecule has 0 aliphatic rings. The third-order valence-electron chi connectivity index (χ3n) is 6.40. The molecule has 5 nitrogen and oxygen atoms in total. The highest BCUT2D eigenvalue weighted by molar-refractivity contribution is 5.85. The van der Waals surface area contributed by atoms with Gasteiger partial charge in [-0.05, 0) is 60.7 Å². The minimum absolute atomic E-state index is 0.791. The summed E-state index contributed by atoms with van der Waals surface area (Å²) in [5, 5.41) is 0. The molecule has 0 radical (unpaired) electrons. The highest BCUT2D eigenvalue weighted by Crippen LogP contribution is 2.32. The van der Waals surface area contributed by atoms with E-state index in [2.05, 4.69) is 57.7 Å². The molecule has 0 saturated carbocycles. The van der Waals surface area contributed by atoms with Gasteiger partial charge in [-0.1, -0.05) is 60.7 Å². The molecule has 170 valence electrons. The topological polar surface area (TPSA) is 48.5 Å². The lowest BCUT2D eigenvalue weighted by Crippen LogP contribution is -2.00. The number of rotatable bonds is 4. The molecule has 0 spiro atoms. The predicted octanol–water partition coefficient (Wildman–Crippen LogP) is 7.09. The number of pyridine rings is 1. The molecule has 0 saturated heterocycles. The second kappa shape index (κ2) is 8.32. The van der Waals surface area contributed by atoms with Gasteiger partial charge in [-0.3, -0.25) is 14.1 Å². The molecule has 0 unspecified atom stereocenters. The van der Waals surface area contributed by atoms with Crippen LogP contribution in [0.4, 0.5) is 0 Å². The summed E-state index contributed by atoms with van der Waals surface area (Å²) in [6.07, 6.45) is 1.84. The molecular weight excluding hydrogens is 442 g/mol. The fraction of sp³-hybridized carbons (Fsp3) is 0. The van der Waals surface area contributed by atoms with Crippen molar-refractivity contribution in [2.45, 2.75) is 0 Å². The Labute approximate surface area is 208 Å². The molecule has 0 atom stereocenters. The van der Waals surface area contributed by atoms with Gasteiger partial charge in [0.15, 0.2) is 5.82 Å². The van der Waals surface area contributed by atoms with Gasteiger partial charge in [0.05, 0.1) is 22.1 Å². The van der Waals surface area contributed by atoms with E-state index < -0.39 is 0 Å². The Bertz CT molecular complexity index is 1700. The maximum absolute atomic E-state index is 5.03. The highest BCUT2D eigenvalue weighted by Gasteiger charge is 2.18. The molecular formula is C31H21N5. The number of para-hydroxylation sites is 6. The van der Waals surface area contributed by atoms with Crippen molar-refractivity contribution in [2.75, 3.05) is 0 Å². The van der Waals surface area contributed by atoms with Gasteiger partial charge < -0.3 is 0 Å². The first-order chi connectivity index (χ1) is 17.9. The van der Waals surface area contributed by atoms with Crippen molar-refractivity contribution in [3.05, 3.63) is 128 Å². The van der Waals surface area contributed by atoms with Crippen LogP contribution in [0.5, 0.6) is 0 Å². The highest BCUT2D eigenvalue weighted by atomic mass is 15.1. The van der Waals surface area contributed by atoms with Crippen molar-refractivity contribution < 1.29 is 0 Å². The van der Waals surface area contributed by atoms with Gasteiger partial charge >= 0.3 is 0 Å². The van der Waals surface area contributed by atoms with E-state index in [0.717, 1.165) is 56.3 Å². The quantitative estimate of drug-likeness (QED) is 0.280. The monoisotopic (exact) mass is 463 g/mol. The molecule has 0 fully saturated rings. The third-order valence-corrected chi connectivity index (χ3v) is 6.40. The molecule has 7 aromatic rings. The molecule has 0 aliphatic heterocycles. The van der Waals surface area contributed by atoms with Crippen LogP contribution in [0.1, 0.15) is 0 Å². The predicted molar refractivity (Wildman–Crippen MR) is 144 cm³/mol. The number of nitrogens with zero attached hydrogens (tertiary/aromatic N) is 5. The van der Waals surface area contributed by atoms with Gasteiger partial charge in [0.1, 0.15) is 11.5 Å². The number of benzene rings is 4. The van der Waals surface area contributed by atoms with Crippen LogP contribution < -0.4 is 0 Å². The van der Waals surface area contributed by atoms with Crippen molar-refractivity contribution in [1.29, 1.82) is 0 Å². The smallest absolute Gasteiger partial charge is 0.164 e. The van der Waals surface area contributed by atoms with Crippen LogP contribution in [0.25, 0.3) is 56.3 Å². The van der Waals surface area contributed by atoms with E-state index in [9.17, 15) is 0 Å². The Hall–Kier alpha value is -5.03. The molecule has 4 aromatic carbocycles. The first kappa shape index (κ1) is 20.4. The third kappa shape index (κ3) is 3.29. The number of hydrogen-bond acceptors (Lipinski definition) is 3. The van der Waals surface area contributed by atoms with Crippen LogP contribution in [0.2, 0.25) is 0 Å². The lowest BCUT2D eigenvalue weighted by atomic mass is 10.2. The van der Waals surface area contributed by atoms with E-state index in [0.29, 0.717) is 0 Å². The van der Waals surface area contributed by atoms with Crippen LogP contribution >= 0.6 is 0 Å². The van der Waals surface area contributed by atoms with Gasteiger partial charge in [0.25, 0.3) is 0 Å². The molecule has 3 heterocycles. The summed E-state index contributed by atoms with van der Waals surface area (Å²) in [4.78, 5) is 14.8. The fourth-order valence-electron chi connectivity index (χ4n) is 4.79. The number of aromatic nitrogens is 5. The molecule has 0 N–H and O–H groups in total. The summed E-state index contributed by atoms with van der Waals surface area (Å²) in [6, 6.07) is 41.1. The first-order valence-corrected chi connectivity index (χ1v) is 11.9. The van der Waals surface area contributed by atoms with Gasteiger partial charge in [-0.2, -0.15) is 0 Å². The summed E-state index contributed by atoms with van der Waals surface area (Å²) in [7, 11) is 0. The van der Waals surface area contributed by atoms with E-state index in [1.807, 2.05) is 79.0 Å². The largest absolute Gasteiger partial charge is 0.292 e. The molecule has 5 heteroatoms. The Morgan fingerprint density at radius 3 is 1.58 bits per heavy atom. The van der Waals surface area contributed by atoms with Crippen molar-refractivity contribution in [3.63, 3.8) is 0 Å². The summed E-state index contributed by atoms with van der Waals surface area (Å²) < 4.78 is 4.37. The lowest BCUT2D eigenvalue weighted by molar-refractivity contribution is 1.07. The van der Waals surface area contributed by atoms with Gasteiger partial charge in [-0.25, -0.2) is 9.97 Å². The van der Waals surface area contributed by atoms with Crippen LogP contribution in [0.15, 0.2) is 128 Å². The normalized spacial score (nSPS) is 11.3. The second-order valence-corrected chi connectivity index (χ2v) is 8.62. The Kier molecular flexibility index (Phi) is 4.71. The fourth-order valence-corrected chi connectivity index (χ4v) is 4.79. The molecule has 3 aromatic heterocycles. The van der Waals surface area contributed by atoms with E-state index in [1.54, 1.807) is 0 Å².